The number of nitrogens with one attached hydrogen (secondary N) is 1. The lowest BCUT2D eigenvalue weighted by atomic mass is 10.1. The summed E-state index contributed by atoms with van der Waals surface area (Å²) in [6.07, 6.45) is 0. The highest BCUT2D eigenvalue weighted by atomic mass is 16.5. The number of morpholine rings is 1. The molecule has 1 heterocycles. The van der Waals surface area contributed by atoms with Gasteiger partial charge in [-0.3, -0.25) is 4.79 Å². The van der Waals surface area contributed by atoms with Gasteiger partial charge in [0.2, 0.25) is 0 Å². The van der Waals surface area contributed by atoms with Gasteiger partial charge in [-0.25, -0.2) is 0 Å². The van der Waals surface area contributed by atoms with Crippen LogP contribution in [0.15, 0.2) is 42.5 Å². The number of anilines is 2. The standard InChI is InChI=1S/C17H18N2O4/c20-15-6-5-12(11-16(15)21)17(22)18-13-3-1-2-4-14(13)19-7-9-23-10-8-19/h1-6,11,20-21H,7-10H2,(H,18,22). The Hall–Kier alpha value is -2.73. The van der Waals surface area contributed by atoms with Crippen LogP contribution in [0.5, 0.6) is 11.5 Å². The lowest BCUT2D eigenvalue weighted by molar-refractivity contribution is 0.102. The van der Waals surface area contributed by atoms with E-state index in [1.165, 1.54) is 18.2 Å². The lowest BCUT2D eigenvalue weighted by Crippen LogP contribution is -2.36. The maximum absolute atomic E-state index is 12.4. The van der Waals surface area contributed by atoms with E-state index in [1.54, 1.807) is 0 Å². The molecule has 0 bridgehead atoms. The number of nitrogens with zero attached hydrogens (tertiary/aromatic N) is 1. The summed E-state index contributed by atoms with van der Waals surface area (Å²) in [6, 6.07) is 11.6. The molecule has 0 spiro atoms. The first-order valence-corrected chi connectivity index (χ1v) is 7.40. The van der Waals surface area contributed by atoms with E-state index in [0.29, 0.717) is 18.9 Å². The number of para-hydroxylation sites is 2. The third kappa shape index (κ3) is 3.37. The maximum atomic E-state index is 12.4. The Labute approximate surface area is 133 Å². The molecule has 1 saturated heterocycles. The molecule has 3 rings (SSSR count). The molecule has 1 aliphatic heterocycles. The van der Waals surface area contributed by atoms with Gasteiger partial charge in [-0.15, -0.1) is 0 Å². The zero-order valence-electron chi connectivity index (χ0n) is 12.5. The van der Waals surface area contributed by atoms with Crippen LogP contribution < -0.4 is 10.2 Å². The van der Waals surface area contributed by atoms with Gasteiger partial charge in [0.1, 0.15) is 0 Å². The van der Waals surface area contributed by atoms with Crippen LogP contribution in [0, 0.1) is 0 Å². The van der Waals surface area contributed by atoms with Gasteiger partial charge in [0.15, 0.2) is 11.5 Å². The van der Waals surface area contributed by atoms with Crippen LogP contribution in [-0.2, 0) is 4.74 Å². The Morgan fingerprint density at radius 1 is 1.04 bits per heavy atom. The predicted molar refractivity (Wildman–Crippen MR) is 87.2 cm³/mol. The number of hydrogen-bond acceptors (Lipinski definition) is 5. The number of amides is 1. The van der Waals surface area contributed by atoms with Crippen LogP contribution in [0.25, 0.3) is 0 Å². The lowest BCUT2D eigenvalue weighted by Gasteiger charge is -2.30. The number of carbonyl (C=O) groups excluding carboxylic acids is 1. The summed E-state index contributed by atoms with van der Waals surface area (Å²) < 4.78 is 5.36. The van der Waals surface area contributed by atoms with Crippen molar-refractivity contribution in [3.63, 3.8) is 0 Å². The first-order chi connectivity index (χ1) is 11.1. The molecule has 0 radical (unpaired) electrons. The van der Waals surface area contributed by atoms with Crippen molar-refractivity contribution in [1.82, 2.24) is 0 Å². The number of rotatable bonds is 3. The van der Waals surface area contributed by atoms with Gasteiger partial charge in [-0.1, -0.05) is 12.1 Å². The fraction of sp³-hybridized carbons (Fsp3) is 0.235. The number of phenols is 2. The van der Waals surface area contributed by atoms with Crippen LogP contribution >= 0.6 is 0 Å². The molecular formula is C17H18N2O4. The minimum atomic E-state index is -0.346. The average molecular weight is 314 g/mol. The molecule has 0 aromatic heterocycles. The molecule has 1 amide bonds. The Bertz CT molecular complexity index is 711. The van der Waals surface area contributed by atoms with Crippen molar-refractivity contribution in [2.24, 2.45) is 0 Å². The summed E-state index contributed by atoms with van der Waals surface area (Å²) in [5, 5.41) is 21.7. The van der Waals surface area contributed by atoms with E-state index < -0.39 is 0 Å². The summed E-state index contributed by atoms with van der Waals surface area (Å²) >= 11 is 0. The molecule has 0 saturated carbocycles. The molecule has 6 heteroatoms. The zero-order valence-corrected chi connectivity index (χ0v) is 12.5. The summed E-state index contributed by atoms with van der Waals surface area (Å²) in [4.78, 5) is 14.5. The highest BCUT2D eigenvalue weighted by molar-refractivity contribution is 6.06. The SMILES string of the molecule is O=C(Nc1ccccc1N1CCOCC1)c1ccc(O)c(O)c1. The van der Waals surface area contributed by atoms with Crippen molar-refractivity contribution in [2.75, 3.05) is 36.5 Å². The summed E-state index contributed by atoms with van der Waals surface area (Å²) in [7, 11) is 0. The second kappa shape index (κ2) is 6.58. The normalized spacial score (nSPS) is 14.5. The van der Waals surface area contributed by atoms with Crippen molar-refractivity contribution in [3.05, 3.63) is 48.0 Å². The number of aromatic hydroxyl groups is 2. The van der Waals surface area contributed by atoms with Crippen LogP contribution in [-0.4, -0.2) is 42.4 Å². The van der Waals surface area contributed by atoms with Crippen LogP contribution in [0.2, 0.25) is 0 Å². The molecule has 2 aromatic carbocycles. The topological polar surface area (TPSA) is 82.0 Å². The van der Waals surface area contributed by atoms with Crippen LogP contribution in [0.3, 0.4) is 0 Å². The predicted octanol–water partition coefficient (Wildman–Crippen LogP) is 2.19. The summed E-state index contributed by atoms with van der Waals surface area (Å²) in [6.45, 7) is 2.86. The van der Waals surface area contributed by atoms with Gasteiger partial charge in [0.25, 0.3) is 5.91 Å². The van der Waals surface area contributed by atoms with E-state index in [4.69, 9.17) is 4.74 Å². The van der Waals surface area contributed by atoms with Gasteiger partial charge in [-0.2, -0.15) is 0 Å². The van der Waals surface area contributed by atoms with E-state index in [0.717, 1.165) is 18.8 Å². The van der Waals surface area contributed by atoms with Crippen molar-refractivity contribution < 1.29 is 19.7 Å². The molecule has 6 nitrogen and oxygen atoms in total. The van der Waals surface area contributed by atoms with Crippen LogP contribution in [0.1, 0.15) is 10.4 Å². The molecule has 0 atom stereocenters. The minimum Gasteiger partial charge on any atom is -0.504 e. The van der Waals surface area contributed by atoms with Gasteiger partial charge in [-0.05, 0) is 30.3 Å². The molecule has 0 unspecified atom stereocenters. The third-order valence-corrected chi connectivity index (χ3v) is 3.74. The van der Waals surface area contributed by atoms with Gasteiger partial charge in [0.05, 0.1) is 24.6 Å². The molecule has 2 aromatic rings. The Balaban J connectivity index is 1.82. The number of hydrogen-bond donors (Lipinski definition) is 3. The fourth-order valence-electron chi connectivity index (χ4n) is 2.52. The molecule has 1 fully saturated rings. The summed E-state index contributed by atoms with van der Waals surface area (Å²) in [5.74, 6) is -0.921. The van der Waals surface area contributed by atoms with E-state index >= 15 is 0 Å². The average Bonchev–Trinajstić information content (AvgIpc) is 2.58. The fourth-order valence-corrected chi connectivity index (χ4v) is 2.52. The monoisotopic (exact) mass is 314 g/mol. The highest BCUT2D eigenvalue weighted by Crippen LogP contribution is 2.28. The van der Waals surface area contributed by atoms with Crippen LogP contribution in [0.4, 0.5) is 11.4 Å². The van der Waals surface area contributed by atoms with E-state index in [9.17, 15) is 15.0 Å². The summed E-state index contributed by atoms with van der Waals surface area (Å²) in [5.41, 5.74) is 1.91. The van der Waals surface area contributed by atoms with E-state index in [-0.39, 0.29) is 23.0 Å². The smallest absolute Gasteiger partial charge is 0.255 e. The zero-order chi connectivity index (χ0) is 16.2. The Morgan fingerprint density at radius 3 is 2.52 bits per heavy atom. The van der Waals surface area contributed by atoms with E-state index in [1.807, 2.05) is 24.3 Å². The third-order valence-electron chi connectivity index (χ3n) is 3.74. The quantitative estimate of drug-likeness (QED) is 0.757. The second-order valence-corrected chi connectivity index (χ2v) is 5.27. The molecule has 0 aliphatic carbocycles. The molecule has 1 aliphatic rings. The largest absolute Gasteiger partial charge is 0.504 e. The molecule has 120 valence electrons. The van der Waals surface area contributed by atoms with E-state index in [2.05, 4.69) is 10.2 Å². The highest BCUT2D eigenvalue weighted by Gasteiger charge is 2.16. The number of benzene rings is 2. The Morgan fingerprint density at radius 2 is 1.78 bits per heavy atom. The van der Waals surface area contributed by atoms with Gasteiger partial charge < -0.3 is 25.2 Å². The number of phenolic OH excluding ortho intramolecular Hbond substituents is 2. The maximum Gasteiger partial charge on any atom is 0.255 e. The van der Waals surface area contributed by atoms with Crippen molar-refractivity contribution in [3.8, 4) is 11.5 Å². The first-order valence-electron chi connectivity index (χ1n) is 7.40. The van der Waals surface area contributed by atoms with Crippen molar-refractivity contribution in [2.45, 2.75) is 0 Å². The number of ether oxygens (including phenoxy) is 1. The van der Waals surface area contributed by atoms with Crippen molar-refractivity contribution >= 4 is 17.3 Å². The molecule has 23 heavy (non-hydrogen) atoms. The van der Waals surface area contributed by atoms with Gasteiger partial charge in [0, 0.05) is 18.7 Å². The first kappa shape index (κ1) is 15.2. The molecule has 3 N–H and O–H groups in total. The van der Waals surface area contributed by atoms with Crippen molar-refractivity contribution in [1.29, 1.82) is 0 Å². The second-order valence-electron chi connectivity index (χ2n) is 5.27. The van der Waals surface area contributed by atoms with Gasteiger partial charge >= 0.3 is 0 Å². The Kier molecular flexibility index (Phi) is 4.34. The number of carbonyl (C=O) groups is 1. The minimum absolute atomic E-state index is 0.254. The molecular weight excluding hydrogens is 296 g/mol.